The van der Waals surface area contributed by atoms with Crippen molar-refractivity contribution in [2.75, 3.05) is 5.32 Å². The number of hydrogen-bond donors (Lipinski definition) is 2. The normalized spacial score (nSPS) is 10.6. The predicted molar refractivity (Wildman–Crippen MR) is 93.8 cm³/mol. The minimum atomic E-state index is -0.381. The number of amides is 1. The highest BCUT2D eigenvalue weighted by Gasteiger charge is 2.13. The van der Waals surface area contributed by atoms with Gasteiger partial charge in [-0.3, -0.25) is 9.89 Å². The third-order valence-electron chi connectivity index (χ3n) is 3.14. The minimum absolute atomic E-state index is 0.319. The van der Waals surface area contributed by atoms with Crippen molar-refractivity contribution in [3.63, 3.8) is 0 Å². The van der Waals surface area contributed by atoms with E-state index in [2.05, 4.69) is 47.4 Å². The molecular formula is C16H10Br2FN3O. The van der Waals surface area contributed by atoms with Crippen LogP contribution in [0.25, 0.3) is 11.3 Å². The highest BCUT2D eigenvalue weighted by atomic mass is 79.9. The van der Waals surface area contributed by atoms with Crippen LogP contribution < -0.4 is 5.32 Å². The molecule has 0 saturated carbocycles. The first-order valence-corrected chi connectivity index (χ1v) is 8.19. The average molecular weight is 439 g/mol. The van der Waals surface area contributed by atoms with E-state index in [1.54, 1.807) is 6.07 Å². The smallest absolute Gasteiger partial charge is 0.273 e. The van der Waals surface area contributed by atoms with E-state index >= 15 is 0 Å². The summed E-state index contributed by atoms with van der Waals surface area (Å²) < 4.78 is 14.5. The molecule has 0 radical (unpaired) electrons. The van der Waals surface area contributed by atoms with Gasteiger partial charge in [0.1, 0.15) is 11.5 Å². The van der Waals surface area contributed by atoms with Gasteiger partial charge in [0.05, 0.1) is 11.4 Å². The van der Waals surface area contributed by atoms with Crippen LogP contribution in [0.2, 0.25) is 0 Å². The maximum atomic E-state index is 13.1. The molecule has 7 heteroatoms. The Morgan fingerprint density at radius 3 is 2.52 bits per heavy atom. The Morgan fingerprint density at radius 2 is 1.83 bits per heavy atom. The van der Waals surface area contributed by atoms with Gasteiger partial charge in [-0.05, 0) is 52.3 Å². The summed E-state index contributed by atoms with van der Waals surface area (Å²) in [5, 5.41) is 9.55. The molecule has 0 aliphatic heterocycles. The lowest BCUT2D eigenvalue weighted by molar-refractivity contribution is 0.102. The lowest BCUT2D eigenvalue weighted by Crippen LogP contribution is -2.12. The number of H-pyrrole nitrogens is 1. The molecule has 0 bridgehead atoms. The number of nitrogens with zero attached hydrogens (tertiary/aromatic N) is 1. The molecule has 1 amide bonds. The molecule has 3 aromatic rings. The standard InChI is InChI=1S/C16H10Br2FN3O/c17-10-3-1-9(2-4-10)14-8-15(22-21-14)16(23)20-13-6-5-11(19)7-12(13)18/h1-8H,(H,20,23)(H,21,22). The fourth-order valence-corrected chi connectivity index (χ4v) is 2.70. The van der Waals surface area contributed by atoms with Crippen LogP contribution in [0.15, 0.2) is 57.5 Å². The SMILES string of the molecule is O=C(Nc1ccc(F)cc1Br)c1cc(-c2ccc(Br)cc2)n[nH]1. The van der Waals surface area contributed by atoms with Crippen LogP contribution in [0.4, 0.5) is 10.1 Å². The lowest BCUT2D eigenvalue weighted by atomic mass is 10.1. The summed E-state index contributed by atoms with van der Waals surface area (Å²) in [4.78, 5) is 12.2. The average Bonchev–Trinajstić information content (AvgIpc) is 3.01. The van der Waals surface area contributed by atoms with Gasteiger partial charge in [0.25, 0.3) is 5.91 Å². The number of halogens is 3. The van der Waals surface area contributed by atoms with Gasteiger partial charge in [-0.15, -0.1) is 0 Å². The number of rotatable bonds is 3. The van der Waals surface area contributed by atoms with Gasteiger partial charge in [0.2, 0.25) is 0 Å². The molecule has 2 aromatic carbocycles. The molecule has 23 heavy (non-hydrogen) atoms. The summed E-state index contributed by atoms with van der Waals surface area (Å²) in [6.07, 6.45) is 0. The maximum Gasteiger partial charge on any atom is 0.273 e. The first kappa shape index (κ1) is 15.9. The summed E-state index contributed by atoms with van der Waals surface area (Å²) in [7, 11) is 0. The molecule has 3 rings (SSSR count). The van der Waals surface area contributed by atoms with Crippen molar-refractivity contribution in [3.05, 3.63) is 69.0 Å². The largest absolute Gasteiger partial charge is 0.320 e. The van der Waals surface area contributed by atoms with Crippen molar-refractivity contribution in [1.82, 2.24) is 10.2 Å². The number of hydrogen-bond acceptors (Lipinski definition) is 2. The Morgan fingerprint density at radius 1 is 1.09 bits per heavy atom. The van der Waals surface area contributed by atoms with E-state index in [0.29, 0.717) is 21.5 Å². The van der Waals surface area contributed by atoms with Crippen molar-refractivity contribution < 1.29 is 9.18 Å². The van der Waals surface area contributed by atoms with Crippen LogP contribution in [-0.2, 0) is 0 Å². The highest BCUT2D eigenvalue weighted by Crippen LogP contribution is 2.24. The summed E-state index contributed by atoms with van der Waals surface area (Å²) in [5.41, 5.74) is 2.36. The molecule has 0 aliphatic rings. The zero-order valence-electron chi connectivity index (χ0n) is 11.6. The van der Waals surface area contributed by atoms with E-state index in [-0.39, 0.29) is 11.7 Å². The van der Waals surface area contributed by atoms with Gasteiger partial charge in [0.15, 0.2) is 0 Å². The van der Waals surface area contributed by atoms with Gasteiger partial charge < -0.3 is 5.32 Å². The van der Waals surface area contributed by atoms with Crippen molar-refractivity contribution in [2.45, 2.75) is 0 Å². The molecule has 0 saturated heterocycles. The van der Waals surface area contributed by atoms with Crippen LogP contribution in [0.3, 0.4) is 0 Å². The lowest BCUT2D eigenvalue weighted by Gasteiger charge is -2.05. The minimum Gasteiger partial charge on any atom is -0.320 e. The number of benzene rings is 2. The van der Waals surface area contributed by atoms with E-state index in [1.165, 1.54) is 18.2 Å². The van der Waals surface area contributed by atoms with E-state index in [9.17, 15) is 9.18 Å². The summed E-state index contributed by atoms with van der Waals surface area (Å²) in [6.45, 7) is 0. The van der Waals surface area contributed by atoms with Crippen LogP contribution in [0, 0.1) is 5.82 Å². The molecule has 0 atom stereocenters. The number of carbonyl (C=O) groups is 1. The van der Waals surface area contributed by atoms with Crippen LogP contribution in [-0.4, -0.2) is 16.1 Å². The van der Waals surface area contributed by atoms with Crippen LogP contribution >= 0.6 is 31.9 Å². The highest BCUT2D eigenvalue weighted by molar-refractivity contribution is 9.10. The number of nitrogens with one attached hydrogen (secondary N) is 2. The third-order valence-corrected chi connectivity index (χ3v) is 4.33. The van der Waals surface area contributed by atoms with Crippen LogP contribution in [0.1, 0.15) is 10.5 Å². The number of anilines is 1. The van der Waals surface area contributed by atoms with E-state index < -0.39 is 0 Å². The summed E-state index contributed by atoms with van der Waals surface area (Å²) >= 11 is 6.58. The zero-order valence-corrected chi connectivity index (χ0v) is 14.8. The van der Waals surface area contributed by atoms with Gasteiger partial charge in [-0.1, -0.05) is 28.1 Å². The Hall–Kier alpha value is -1.99. The molecule has 116 valence electrons. The molecular weight excluding hydrogens is 429 g/mol. The van der Waals surface area contributed by atoms with Crippen molar-refractivity contribution >= 4 is 43.5 Å². The molecule has 0 unspecified atom stereocenters. The van der Waals surface area contributed by atoms with E-state index in [1.807, 2.05) is 24.3 Å². The first-order chi connectivity index (χ1) is 11.0. The number of aromatic amines is 1. The molecule has 0 spiro atoms. The van der Waals surface area contributed by atoms with Gasteiger partial charge in [0, 0.05) is 14.5 Å². The van der Waals surface area contributed by atoms with E-state index in [4.69, 9.17) is 0 Å². The number of aromatic nitrogens is 2. The second-order valence-electron chi connectivity index (χ2n) is 4.75. The monoisotopic (exact) mass is 437 g/mol. The molecule has 0 fully saturated rings. The van der Waals surface area contributed by atoms with Gasteiger partial charge in [-0.2, -0.15) is 5.10 Å². The second kappa shape index (κ2) is 6.64. The van der Waals surface area contributed by atoms with Crippen LogP contribution in [0.5, 0.6) is 0 Å². The van der Waals surface area contributed by atoms with Crippen molar-refractivity contribution in [2.24, 2.45) is 0 Å². The predicted octanol–water partition coefficient (Wildman–Crippen LogP) is 4.99. The Labute approximate surface area is 148 Å². The quantitative estimate of drug-likeness (QED) is 0.604. The molecule has 4 nitrogen and oxygen atoms in total. The molecule has 0 aliphatic carbocycles. The Bertz CT molecular complexity index is 862. The van der Waals surface area contributed by atoms with Gasteiger partial charge in [-0.25, -0.2) is 4.39 Å². The Balaban J connectivity index is 1.79. The maximum absolute atomic E-state index is 13.1. The second-order valence-corrected chi connectivity index (χ2v) is 6.52. The molecule has 2 N–H and O–H groups in total. The fourth-order valence-electron chi connectivity index (χ4n) is 1.99. The van der Waals surface area contributed by atoms with Gasteiger partial charge >= 0.3 is 0 Å². The summed E-state index contributed by atoms with van der Waals surface area (Å²) in [6, 6.07) is 13.3. The Kier molecular flexibility index (Phi) is 4.58. The first-order valence-electron chi connectivity index (χ1n) is 6.61. The molecule has 1 heterocycles. The zero-order chi connectivity index (χ0) is 16.4. The van der Waals surface area contributed by atoms with E-state index in [0.717, 1.165) is 10.0 Å². The molecule has 1 aromatic heterocycles. The topological polar surface area (TPSA) is 57.8 Å². The van der Waals surface area contributed by atoms with Crippen molar-refractivity contribution in [1.29, 1.82) is 0 Å². The third kappa shape index (κ3) is 3.68. The summed E-state index contributed by atoms with van der Waals surface area (Å²) in [5.74, 6) is -0.734. The fraction of sp³-hybridized carbons (Fsp3) is 0. The van der Waals surface area contributed by atoms with Crippen molar-refractivity contribution in [3.8, 4) is 11.3 Å². The number of carbonyl (C=O) groups excluding carboxylic acids is 1.